The van der Waals surface area contributed by atoms with Gasteiger partial charge in [0.1, 0.15) is 34.9 Å². The highest BCUT2D eigenvalue weighted by Crippen LogP contribution is 2.15. The first kappa shape index (κ1) is 35.4. The molecule has 0 aliphatic heterocycles. The molecular formula is C28H28ClF6NO3. The van der Waals surface area contributed by atoms with Gasteiger partial charge in [0.15, 0.2) is 6.29 Å². The summed E-state index contributed by atoms with van der Waals surface area (Å²) in [7, 11) is 0. The zero-order valence-corrected chi connectivity index (χ0v) is 22.4. The van der Waals surface area contributed by atoms with Gasteiger partial charge in [-0.15, -0.1) is 6.58 Å². The van der Waals surface area contributed by atoms with Crippen LogP contribution in [0, 0.1) is 48.8 Å². The Bertz CT molecular complexity index is 1210. The molecule has 0 saturated carbocycles. The summed E-state index contributed by atoms with van der Waals surface area (Å²) in [5.74, 6) is -5.75. The quantitative estimate of drug-likeness (QED) is 0.140. The molecule has 39 heavy (non-hydrogen) atoms. The Morgan fingerprint density at radius 1 is 0.846 bits per heavy atom. The lowest BCUT2D eigenvalue weighted by Gasteiger charge is -2.04. The number of allylic oxidation sites excluding steroid dienone is 1. The van der Waals surface area contributed by atoms with Crippen LogP contribution in [0.2, 0.25) is 0 Å². The number of aldehydes is 1. The number of benzene rings is 3. The first-order valence-electron chi connectivity index (χ1n) is 11.1. The van der Waals surface area contributed by atoms with Crippen molar-refractivity contribution in [2.75, 3.05) is 6.54 Å². The summed E-state index contributed by atoms with van der Waals surface area (Å²) < 4.78 is 76.1. The minimum Gasteiger partial charge on any atom is -0.478 e. The van der Waals surface area contributed by atoms with Gasteiger partial charge in [0.05, 0.1) is 11.1 Å². The topological polar surface area (TPSA) is 66.4 Å². The number of aromatic carboxylic acids is 1. The van der Waals surface area contributed by atoms with Crippen LogP contribution in [0.4, 0.5) is 26.3 Å². The number of carbonyl (C=O) groups is 2. The molecule has 0 spiro atoms. The van der Waals surface area contributed by atoms with Crippen molar-refractivity contribution in [3.05, 3.63) is 117 Å². The largest absolute Gasteiger partial charge is 0.478 e. The number of nitrogens with one attached hydrogen (secondary N) is 1. The molecule has 0 bridgehead atoms. The van der Waals surface area contributed by atoms with Crippen LogP contribution in [0.5, 0.6) is 0 Å². The minimum atomic E-state index is -1.34. The number of carbonyl (C=O) groups excluding carboxylic acids is 1. The molecule has 3 rings (SSSR count). The van der Waals surface area contributed by atoms with Crippen LogP contribution >= 0.6 is 11.8 Å². The zero-order chi connectivity index (χ0) is 30.3. The Balaban J connectivity index is 0.000000521. The summed E-state index contributed by atoms with van der Waals surface area (Å²) in [4.78, 5) is 22.6. The van der Waals surface area contributed by atoms with Crippen molar-refractivity contribution >= 4 is 24.0 Å². The fourth-order valence-electron chi connectivity index (χ4n) is 2.64. The smallest absolute Gasteiger partial charge is 0.335 e. The van der Waals surface area contributed by atoms with E-state index in [0.717, 1.165) is 24.3 Å². The summed E-state index contributed by atoms with van der Waals surface area (Å²) in [5.41, 5.74) is 1.40. The monoisotopic (exact) mass is 575 g/mol. The van der Waals surface area contributed by atoms with Gasteiger partial charge in [-0.3, -0.25) is 4.79 Å². The van der Waals surface area contributed by atoms with Crippen molar-refractivity contribution in [3.63, 3.8) is 0 Å². The molecule has 0 radical (unpaired) electrons. The van der Waals surface area contributed by atoms with Gasteiger partial charge in [0.25, 0.3) is 0 Å². The maximum absolute atomic E-state index is 13.1. The standard InChI is InChI=1S/C9H10ClF2N.C8H6F2O.C7H4F2O2.C4H8/c1-6-4-8(11)7(2-3-13-10)9(12)5-6;1-5-2-7(9)6(4-11)8(10)3-5;8-5-1-4(7(10)11)2-6(9)3-5;1-4(2)3/h4-5,13H,2-3H2,1H3;2-4H,1H3;1-3H,(H,10,11);1H2,2-3H3. The van der Waals surface area contributed by atoms with Gasteiger partial charge in [-0.25, -0.2) is 36.0 Å². The summed E-state index contributed by atoms with van der Waals surface area (Å²) in [6, 6.07) is 6.99. The maximum atomic E-state index is 13.1. The molecule has 0 unspecified atom stereocenters. The number of hydrogen-bond donors (Lipinski definition) is 2. The van der Waals surface area contributed by atoms with E-state index >= 15 is 0 Å². The number of aryl methyl sites for hydroxylation is 2. The highest BCUT2D eigenvalue weighted by molar-refractivity contribution is 6.13. The van der Waals surface area contributed by atoms with E-state index in [-0.39, 0.29) is 23.8 Å². The SMILES string of the molecule is C=C(C)C.Cc1cc(F)c(C=O)c(F)c1.Cc1cc(F)c(CCNCl)c(F)c1.O=C(O)c1cc(F)cc(F)c1. The molecule has 0 amide bonds. The van der Waals surface area contributed by atoms with E-state index in [9.17, 15) is 35.9 Å². The third-order valence-electron chi connectivity index (χ3n) is 4.21. The van der Waals surface area contributed by atoms with Crippen LogP contribution in [-0.2, 0) is 6.42 Å². The molecule has 0 atom stereocenters. The molecule has 212 valence electrons. The van der Waals surface area contributed by atoms with Crippen LogP contribution in [0.3, 0.4) is 0 Å². The van der Waals surface area contributed by atoms with Crippen molar-refractivity contribution in [1.29, 1.82) is 0 Å². The molecule has 3 aromatic carbocycles. The van der Waals surface area contributed by atoms with Crippen molar-refractivity contribution in [2.24, 2.45) is 0 Å². The lowest BCUT2D eigenvalue weighted by molar-refractivity contribution is 0.0695. The van der Waals surface area contributed by atoms with E-state index in [0.29, 0.717) is 23.7 Å². The zero-order valence-electron chi connectivity index (χ0n) is 21.6. The average Bonchev–Trinajstić information content (AvgIpc) is 2.78. The lowest BCUT2D eigenvalue weighted by Crippen LogP contribution is -2.08. The molecule has 0 fully saturated rings. The molecule has 0 saturated heterocycles. The third-order valence-corrected chi connectivity index (χ3v) is 4.39. The molecule has 0 heterocycles. The van der Waals surface area contributed by atoms with E-state index in [1.807, 2.05) is 13.8 Å². The van der Waals surface area contributed by atoms with Gasteiger partial charge >= 0.3 is 5.97 Å². The van der Waals surface area contributed by atoms with E-state index in [1.165, 1.54) is 17.7 Å². The fourth-order valence-corrected chi connectivity index (χ4v) is 2.74. The predicted molar refractivity (Wildman–Crippen MR) is 139 cm³/mol. The second-order valence-electron chi connectivity index (χ2n) is 8.27. The summed E-state index contributed by atoms with van der Waals surface area (Å²) in [5, 5.41) is 8.30. The molecule has 0 aromatic heterocycles. The molecular weight excluding hydrogens is 548 g/mol. The van der Waals surface area contributed by atoms with Gasteiger partial charge in [-0.1, -0.05) is 5.57 Å². The molecule has 4 nitrogen and oxygen atoms in total. The second kappa shape index (κ2) is 17.8. The number of hydrogen-bond acceptors (Lipinski definition) is 3. The van der Waals surface area contributed by atoms with Crippen molar-refractivity contribution in [1.82, 2.24) is 4.84 Å². The number of carboxylic acid groups (broad SMARTS) is 1. The number of halogens is 7. The summed E-state index contributed by atoms with van der Waals surface area (Å²) in [6.45, 7) is 11.1. The van der Waals surface area contributed by atoms with E-state index in [1.54, 1.807) is 13.8 Å². The predicted octanol–water partition coefficient (Wildman–Crippen LogP) is 7.89. The number of rotatable bonds is 5. The Morgan fingerprint density at radius 2 is 1.23 bits per heavy atom. The van der Waals surface area contributed by atoms with Crippen LogP contribution < -0.4 is 4.84 Å². The van der Waals surface area contributed by atoms with Crippen LogP contribution in [0.1, 0.15) is 51.3 Å². The normalized spacial score (nSPS) is 9.62. The highest BCUT2D eigenvalue weighted by Gasteiger charge is 2.09. The van der Waals surface area contributed by atoms with Crippen molar-refractivity contribution in [2.45, 2.75) is 34.1 Å². The van der Waals surface area contributed by atoms with Crippen LogP contribution in [0.25, 0.3) is 0 Å². The fraction of sp³-hybridized carbons (Fsp3) is 0.214. The Kier molecular flexibility index (Phi) is 16.1. The Morgan fingerprint density at radius 3 is 1.56 bits per heavy atom. The van der Waals surface area contributed by atoms with E-state index in [2.05, 4.69) is 11.4 Å². The van der Waals surface area contributed by atoms with E-state index in [4.69, 9.17) is 16.9 Å². The summed E-state index contributed by atoms with van der Waals surface area (Å²) in [6.07, 6.45) is 0.422. The van der Waals surface area contributed by atoms with Crippen LogP contribution in [-0.4, -0.2) is 23.9 Å². The molecule has 11 heteroatoms. The van der Waals surface area contributed by atoms with Gasteiger partial charge in [-0.2, -0.15) is 0 Å². The van der Waals surface area contributed by atoms with Crippen molar-refractivity contribution in [3.8, 4) is 0 Å². The minimum absolute atomic E-state index is 0.0822. The van der Waals surface area contributed by atoms with Gasteiger partial charge < -0.3 is 5.11 Å². The Hall–Kier alpha value is -3.63. The average molecular weight is 576 g/mol. The van der Waals surface area contributed by atoms with Crippen molar-refractivity contribution < 1.29 is 41.0 Å². The van der Waals surface area contributed by atoms with E-state index < -0.39 is 46.4 Å². The Labute approximate surface area is 228 Å². The highest BCUT2D eigenvalue weighted by atomic mass is 35.5. The van der Waals surface area contributed by atoms with Gasteiger partial charge in [0, 0.05) is 18.2 Å². The molecule has 0 aliphatic carbocycles. The van der Waals surface area contributed by atoms with Gasteiger partial charge in [-0.05, 0) is 93.4 Å². The molecule has 0 aliphatic rings. The first-order valence-corrected chi connectivity index (χ1v) is 11.5. The number of carboxylic acids is 1. The van der Waals surface area contributed by atoms with Gasteiger partial charge in [0.2, 0.25) is 0 Å². The summed E-state index contributed by atoms with van der Waals surface area (Å²) >= 11 is 5.19. The molecule has 2 N–H and O–H groups in total. The lowest BCUT2D eigenvalue weighted by atomic mass is 10.1. The van der Waals surface area contributed by atoms with Crippen LogP contribution in [0.15, 0.2) is 54.6 Å². The third kappa shape index (κ3) is 14.2. The first-order chi connectivity index (χ1) is 18.1. The maximum Gasteiger partial charge on any atom is 0.335 e. The molecule has 3 aromatic rings. The second-order valence-corrected chi connectivity index (χ2v) is 8.54.